The number of carbonyl (C=O) groups excluding carboxylic acids is 1. The average Bonchev–Trinajstić information content (AvgIpc) is 3.39. The molecule has 0 spiro atoms. The molecule has 0 saturated carbocycles. The molecule has 0 unspecified atom stereocenters. The molecule has 6 rings (SSSR count). The monoisotopic (exact) mass is 510 g/mol. The van der Waals surface area contributed by atoms with Crippen LogP contribution in [0.5, 0.6) is 6.01 Å². The zero-order valence-electron chi connectivity index (χ0n) is 21.7. The summed E-state index contributed by atoms with van der Waals surface area (Å²) in [4.78, 5) is 28.7. The van der Waals surface area contributed by atoms with Crippen molar-refractivity contribution < 1.29 is 9.53 Å². The Morgan fingerprint density at radius 2 is 1.89 bits per heavy atom. The van der Waals surface area contributed by atoms with Crippen LogP contribution in [0.4, 0.5) is 17.2 Å². The minimum atomic E-state index is -0.0192. The molecule has 3 aliphatic rings. The standard InChI is InChI=1S/C30H34N6O2/c1-2-28(37)34-14-16-35(17-15-34)29-25-11-10-24(36-13-12-22-7-3-4-9-27(22)36)19-26(25)32-30(33-29)38-20-21-6-5-8-23(31)18-21/h2-9,18,24H,1,10-17,19-20,31H2/t24-/m1/s1. The molecule has 2 aliphatic heterocycles. The van der Waals surface area contributed by atoms with Crippen molar-refractivity contribution >= 4 is 23.1 Å². The third-order valence-corrected chi connectivity index (χ3v) is 7.96. The van der Waals surface area contributed by atoms with E-state index in [4.69, 9.17) is 20.4 Å². The SMILES string of the molecule is C=CC(=O)N1CCN(c2nc(OCc3cccc(N)c3)nc3c2CC[C@@H](N2CCc4ccccc42)C3)CC1. The number of aromatic nitrogens is 2. The van der Waals surface area contributed by atoms with E-state index in [1.807, 2.05) is 29.2 Å². The van der Waals surface area contributed by atoms with Gasteiger partial charge in [0.1, 0.15) is 12.4 Å². The number of hydrogen-bond acceptors (Lipinski definition) is 7. The molecule has 3 heterocycles. The van der Waals surface area contributed by atoms with Crippen molar-refractivity contribution in [1.29, 1.82) is 0 Å². The molecule has 2 N–H and O–H groups in total. The van der Waals surface area contributed by atoms with Crippen molar-refractivity contribution in [3.05, 3.63) is 83.6 Å². The number of carbonyl (C=O) groups is 1. The summed E-state index contributed by atoms with van der Waals surface area (Å²) >= 11 is 0. The molecule has 8 nitrogen and oxygen atoms in total. The van der Waals surface area contributed by atoms with Gasteiger partial charge in [-0.1, -0.05) is 36.9 Å². The van der Waals surface area contributed by atoms with Gasteiger partial charge in [-0.05, 0) is 54.7 Å². The van der Waals surface area contributed by atoms with E-state index >= 15 is 0 Å². The van der Waals surface area contributed by atoms with Crippen LogP contribution in [0, 0.1) is 0 Å². The topological polar surface area (TPSA) is 87.8 Å². The van der Waals surface area contributed by atoms with Crippen molar-refractivity contribution in [1.82, 2.24) is 14.9 Å². The Balaban J connectivity index is 1.27. The number of anilines is 3. The fourth-order valence-corrected chi connectivity index (χ4v) is 5.99. The predicted octanol–water partition coefficient (Wildman–Crippen LogP) is 3.39. The number of amides is 1. The third kappa shape index (κ3) is 4.78. The van der Waals surface area contributed by atoms with Crippen molar-refractivity contribution in [2.75, 3.05) is 48.3 Å². The van der Waals surface area contributed by atoms with E-state index in [9.17, 15) is 4.79 Å². The zero-order valence-corrected chi connectivity index (χ0v) is 21.7. The number of piperazine rings is 1. The smallest absolute Gasteiger partial charge is 0.318 e. The average molecular weight is 511 g/mol. The lowest BCUT2D eigenvalue weighted by Gasteiger charge is -2.38. The first-order valence-electron chi connectivity index (χ1n) is 13.5. The Labute approximate surface area is 223 Å². The molecule has 1 aliphatic carbocycles. The highest BCUT2D eigenvalue weighted by Gasteiger charge is 2.33. The summed E-state index contributed by atoms with van der Waals surface area (Å²) < 4.78 is 6.14. The van der Waals surface area contributed by atoms with E-state index in [0.29, 0.717) is 37.4 Å². The molecule has 1 fully saturated rings. The fourth-order valence-electron chi connectivity index (χ4n) is 5.99. The molecule has 2 aromatic carbocycles. The Morgan fingerprint density at radius 1 is 1.05 bits per heavy atom. The first-order valence-corrected chi connectivity index (χ1v) is 13.5. The second-order valence-corrected chi connectivity index (χ2v) is 10.3. The molecule has 196 valence electrons. The van der Waals surface area contributed by atoms with E-state index in [0.717, 1.165) is 62.4 Å². The molecular weight excluding hydrogens is 476 g/mol. The first kappa shape index (κ1) is 24.3. The number of nitrogen functional groups attached to an aromatic ring is 1. The maximum Gasteiger partial charge on any atom is 0.318 e. The molecule has 8 heteroatoms. The number of benzene rings is 2. The number of ether oxygens (including phenoxy) is 1. The highest BCUT2D eigenvalue weighted by Crippen LogP contribution is 2.36. The van der Waals surface area contributed by atoms with Gasteiger partial charge in [0.15, 0.2) is 0 Å². The largest absolute Gasteiger partial charge is 0.459 e. The Hall–Kier alpha value is -4.07. The summed E-state index contributed by atoms with van der Waals surface area (Å²) in [6.07, 6.45) is 5.34. The van der Waals surface area contributed by atoms with Crippen LogP contribution in [0.2, 0.25) is 0 Å². The van der Waals surface area contributed by atoms with Gasteiger partial charge in [0.25, 0.3) is 0 Å². The molecule has 38 heavy (non-hydrogen) atoms. The summed E-state index contributed by atoms with van der Waals surface area (Å²) in [5.41, 5.74) is 12.7. The molecule has 3 aromatic rings. The molecule has 1 atom stereocenters. The number of nitrogens with zero attached hydrogens (tertiary/aromatic N) is 5. The van der Waals surface area contributed by atoms with Crippen molar-refractivity contribution in [3.63, 3.8) is 0 Å². The van der Waals surface area contributed by atoms with Crippen LogP contribution in [0.1, 0.15) is 28.8 Å². The van der Waals surface area contributed by atoms with Crippen LogP contribution in [-0.4, -0.2) is 59.5 Å². The van der Waals surface area contributed by atoms with Gasteiger partial charge in [-0.3, -0.25) is 4.79 Å². The normalized spacial score (nSPS) is 18.6. The molecule has 1 aromatic heterocycles. The Kier molecular flexibility index (Phi) is 6.62. The number of para-hydroxylation sites is 1. The number of rotatable bonds is 6. The first-order chi connectivity index (χ1) is 18.6. The van der Waals surface area contributed by atoms with Crippen LogP contribution in [0.25, 0.3) is 0 Å². The summed E-state index contributed by atoms with van der Waals surface area (Å²) in [5, 5.41) is 0. The lowest BCUT2D eigenvalue weighted by molar-refractivity contribution is -0.126. The van der Waals surface area contributed by atoms with Crippen molar-refractivity contribution in [2.24, 2.45) is 0 Å². The van der Waals surface area contributed by atoms with Crippen LogP contribution in [0.15, 0.2) is 61.2 Å². The summed E-state index contributed by atoms with van der Waals surface area (Å²) in [6, 6.07) is 17.2. The Bertz CT molecular complexity index is 1350. The van der Waals surface area contributed by atoms with Crippen molar-refractivity contribution in [3.8, 4) is 6.01 Å². The van der Waals surface area contributed by atoms with Crippen molar-refractivity contribution in [2.45, 2.75) is 38.3 Å². The van der Waals surface area contributed by atoms with Gasteiger partial charge in [-0.2, -0.15) is 9.97 Å². The minimum Gasteiger partial charge on any atom is -0.459 e. The van der Waals surface area contributed by atoms with Gasteiger partial charge >= 0.3 is 6.01 Å². The lowest BCUT2D eigenvalue weighted by Crippen LogP contribution is -2.49. The maximum absolute atomic E-state index is 12.1. The summed E-state index contributed by atoms with van der Waals surface area (Å²) in [5.74, 6) is 0.929. The predicted molar refractivity (Wildman–Crippen MR) is 150 cm³/mol. The highest BCUT2D eigenvalue weighted by molar-refractivity contribution is 5.87. The van der Waals surface area contributed by atoms with E-state index in [1.54, 1.807) is 0 Å². The quantitative estimate of drug-likeness (QED) is 0.402. The van der Waals surface area contributed by atoms with Gasteiger partial charge < -0.3 is 25.2 Å². The van der Waals surface area contributed by atoms with E-state index in [2.05, 4.69) is 40.6 Å². The minimum absolute atomic E-state index is 0.0192. The van der Waals surface area contributed by atoms with Gasteiger partial charge in [0.2, 0.25) is 5.91 Å². The van der Waals surface area contributed by atoms with E-state index in [1.165, 1.54) is 22.9 Å². The number of fused-ring (bicyclic) bond motifs is 2. The number of hydrogen-bond donors (Lipinski definition) is 1. The van der Waals surface area contributed by atoms with Gasteiger partial charge in [0.05, 0.1) is 5.69 Å². The van der Waals surface area contributed by atoms with Gasteiger partial charge in [0, 0.05) is 62.1 Å². The molecule has 0 bridgehead atoms. The molecular formula is C30H34N6O2. The lowest BCUT2D eigenvalue weighted by atomic mass is 9.90. The Morgan fingerprint density at radius 3 is 2.71 bits per heavy atom. The second kappa shape index (κ2) is 10.4. The van der Waals surface area contributed by atoms with Gasteiger partial charge in [-0.25, -0.2) is 0 Å². The molecule has 1 saturated heterocycles. The fraction of sp³-hybridized carbons (Fsp3) is 0.367. The van der Waals surface area contributed by atoms with Crippen LogP contribution in [0.3, 0.4) is 0 Å². The van der Waals surface area contributed by atoms with Crippen LogP contribution in [-0.2, 0) is 30.7 Å². The maximum atomic E-state index is 12.1. The third-order valence-electron chi connectivity index (χ3n) is 7.96. The van der Waals surface area contributed by atoms with Gasteiger partial charge in [-0.15, -0.1) is 0 Å². The van der Waals surface area contributed by atoms with Crippen LogP contribution >= 0.6 is 0 Å². The van der Waals surface area contributed by atoms with Crippen LogP contribution < -0.4 is 20.3 Å². The molecule has 0 radical (unpaired) electrons. The second-order valence-electron chi connectivity index (χ2n) is 10.3. The highest BCUT2D eigenvalue weighted by atomic mass is 16.5. The number of nitrogens with two attached hydrogens (primary N) is 1. The van der Waals surface area contributed by atoms with E-state index in [-0.39, 0.29) is 5.91 Å². The van der Waals surface area contributed by atoms with E-state index < -0.39 is 0 Å². The zero-order chi connectivity index (χ0) is 26.1. The molecule has 1 amide bonds. The summed E-state index contributed by atoms with van der Waals surface area (Å²) in [6.45, 7) is 7.78. The summed E-state index contributed by atoms with van der Waals surface area (Å²) in [7, 11) is 0.